The molecule has 3 N–H and O–H groups in total. The quantitative estimate of drug-likeness (QED) is 0.266. The second-order valence-corrected chi connectivity index (χ2v) is 7.53. The smallest absolute Gasteiger partial charge is 0.191 e. The van der Waals surface area contributed by atoms with Crippen LogP contribution in [-0.2, 0) is 13.0 Å². The van der Waals surface area contributed by atoms with Crippen LogP contribution in [0.1, 0.15) is 43.0 Å². The van der Waals surface area contributed by atoms with Crippen LogP contribution >= 0.6 is 35.6 Å². The van der Waals surface area contributed by atoms with Gasteiger partial charge in [-0.05, 0) is 56.9 Å². The molecule has 1 unspecified atom stereocenters. The van der Waals surface area contributed by atoms with E-state index in [2.05, 4.69) is 32.6 Å². The number of aryl methyl sites for hydroxylation is 2. The molecule has 156 valence electrons. The van der Waals surface area contributed by atoms with Gasteiger partial charge in [-0.15, -0.1) is 24.0 Å². The number of aromatic amines is 1. The molecule has 29 heavy (non-hydrogen) atoms. The molecule has 0 saturated carbocycles. The van der Waals surface area contributed by atoms with Gasteiger partial charge in [0.1, 0.15) is 11.6 Å². The Morgan fingerprint density at radius 1 is 1.41 bits per heavy atom. The van der Waals surface area contributed by atoms with Crippen molar-refractivity contribution in [1.82, 2.24) is 30.4 Å². The van der Waals surface area contributed by atoms with Crippen molar-refractivity contribution in [3.05, 3.63) is 46.6 Å². The zero-order valence-corrected chi connectivity index (χ0v) is 19.8. The van der Waals surface area contributed by atoms with Crippen molar-refractivity contribution in [2.24, 2.45) is 4.99 Å². The van der Waals surface area contributed by atoms with Crippen molar-refractivity contribution < 1.29 is 0 Å². The Balaban J connectivity index is 0.00000240. The maximum Gasteiger partial charge on any atom is 0.191 e. The van der Waals surface area contributed by atoms with Gasteiger partial charge in [0.25, 0.3) is 0 Å². The number of guanidine groups is 1. The van der Waals surface area contributed by atoms with E-state index < -0.39 is 0 Å². The van der Waals surface area contributed by atoms with Crippen LogP contribution in [0.4, 0.5) is 0 Å². The molecular formula is C20H27ClIN7. The van der Waals surface area contributed by atoms with Crippen molar-refractivity contribution in [2.75, 3.05) is 13.1 Å². The van der Waals surface area contributed by atoms with Crippen LogP contribution in [0.2, 0.25) is 5.02 Å². The number of nitrogens with zero attached hydrogens (tertiary/aromatic N) is 4. The van der Waals surface area contributed by atoms with Gasteiger partial charge in [-0.25, -0.2) is 9.67 Å². The summed E-state index contributed by atoms with van der Waals surface area (Å²) in [5, 5.41) is 13.3. The van der Waals surface area contributed by atoms with E-state index in [0.29, 0.717) is 6.54 Å². The van der Waals surface area contributed by atoms with Crippen molar-refractivity contribution >= 4 is 52.4 Å². The Kier molecular flexibility index (Phi) is 7.39. The second-order valence-electron chi connectivity index (χ2n) is 7.09. The number of rotatable bonds is 5. The summed E-state index contributed by atoms with van der Waals surface area (Å²) in [7, 11) is 0. The number of aromatic nitrogens is 4. The molecule has 0 amide bonds. The van der Waals surface area contributed by atoms with E-state index in [4.69, 9.17) is 16.6 Å². The van der Waals surface area contributed by atoms with Crippen LogP contribution in [0.25, 0.3) is 10.9 Å². The van der Waals surface area contributed by atoms with Gasteiger partial charge < -0.3 is 15.6 Å². The minimum Gasteiger partial charge on any atom is -0.361 e. The number of benzene rings is 1. The highest BCUT2D eigenvalue weighted by atomic mass is 127. The number of H-pyrrole nitrogens is 1. The molecule has 0 bridgehead atoms. The fourth-order valence-electron chi connectivity index (χ4n) is 3.74. The lowest BCUT2D eigenvalue weighted by Gasteiger charge is -2.25. The van der Waals surface area contributed by atoms with Gasteiger partial charge in [-0.3, -0.25) is 4.99 Å². The fourth-order valence-corrected chi connectivity index (χ4v) is 3.91. The molecule has 0 spiro atoms. The van der Waals surface area contributed by atoms with E-state index >= 15 is 0 Å². The average molecular weight is 528 g/mol. The summed E-state index contributed by atoms with van der Waals surface area (Å²) in [5.41, 5.74) is 2.33. The van der Waals surface area contributed by atoms with Gasteiger partial charge in [-0.1, -0.05) is 11.6 Å². The summed E-state index contributed by atoms with van der Waals surface area (Å²) in [4.78, 5) is 12.7. The molecule has 7 nitrogen and oxygen atoms in total. The number of hydrogen-bond acceptors (Lipinski definition) is 3. The van der Waals surface area contributed by atoms with Crippen LogP contribution in [0, 0.1) is 6.92 Å². The molecule has 3 heterocycles. The zero-order chi connectivity index (χ0) is 19.5. The maximum absolute atomic E-state index is 6.15. The van der Waals surface area contributed by atoms with Crippen LogP contribution in [0.3, 0.4) is 0 Å². The Bertz CT molecular complexity index is 994. The molecule has 2 aromatic heterocycles. The van der Waals surface area contributed by atoms with Gasteiger partial charge in [0, 0.05) is 41.8 Å². The molecular weight excluding hydrogens is 501 g/mol. The van der Waals surface area contributed by atoms with E-state index in [1.165, 1.54) is 5.56 Å². The Morgan fingerprint density at radius 3 is 3.10 bits per heavy atom. The van der Waals surface area contributed by atoms with Crippen molar-refractivity contribution in [3.8, 4) is 0 Å². The molecule has 4 rings (SSSR count). The molecule has 9 heteroatoms. The van der Waals surface area contributed by atoms with Crippen LogP contribution < -0.4 is 10.6 Å². The van der Waals surface area contributed by atoms with Crippen molar-refractivity contribution in [2.45, 2.75) is 45.7 Å². The summed E-state index contributed by atoms with van der Waals surface area (Å²) in [6, 6.07) is 6.06. The van der Waals surface area contributed by atoms with Crippen LogP contribution in [0.15, 0.2) is 29.4 Å². The lowest BCUT2D eigenvalue weighted by atomic mass is 10.1. The lowest BCUT2D eigenvalue weighted by Crippen LogP contribution is -2.41. The molecule has 0 saturated heterocycles. The standard InChI is InChI=1S/C20H26ClN7.HI/c1-3-22-20(26-18-5-4-10-28-19(18)25-13(2)27-28)23-9-8-14-12-24-17-7-6-15(21)11-16(14)17;/h6-7,11-12,18,24H,3-5,8-10H2,1-2H3,(H2,22,23,26);1H. The number of aliphatic imine (C=N–C) groups is 1. The second kappa shape index (κ2) is 9.80. The van der Waals surface area contributed by atoms with Gasteiger partial charge in [-0.2, -0.15) is 5.10 Å². The van der Waals surface area contributed by atoms with Crippen molar-refractivity contribution in [1.29, 1.82) is 0 Å². The fraction of sp³-hybridized carbons (Fsp3) is 0.450. The first kappa shape index (κ1) is 21.9. The van der Waals surface area contributed by atoms with E-state index in [1.807, 2.05) is 36.0 Å². The predicted octanol–water partition coefficient (Wildman–Crippen LogP) is 3.97. The normalized spacial score (nSPS) is 16.4. The first-order chi connectivity index (χ1) is 13.6. The van der Waals surface area contributed by atoms with Crippen molar-refractivity contribution in [3.63, 3.8) is 0 Å². The lowest BCUT2D eigenvalue weighted by molar-refractivity contribution is 0.397. The molecule has 0 aliphatic carbocycles. The number of fused-ring (bicyclic) bond motifs is 2. The Labute approximate surface area is 192 Å². The molecule has 0 radical (unpaired) electrons. The summed E-state index contributed by atoms with van der Waals surface area (Å²) in [6.07, 6.45) is 5.01. The molecule has 1 aromatic carbocycles. The highest BCUT2D eigenvalue weighted by Crippen LogP contribution is 2.24. The topological polar surface area (TPSA) is 82.9 Å². The largest absolute Gasteiger partial charge is 0.361 e. The first-order valence-corrected chi connectivity index (χ1v) is 10.2. The van der Waals surface area contributed by atoms with E-state index in [1.54, 1.807) is 0 Å². The summed E-state index contributed by atoms with van der Waals surface area (Å²) < 4.78 is 2.01. The molecule has 1 aliphatic rings. The van der Waals surface area contributed by atoms with Gasteiger partial charge in [0.05, 0.1) is 6.04 Å². The third-order valence-corrected chi connectivity index (χ3v) is 5.25. The van der Waals surface area contributed by atoms with Crippen LogP contribution in [-0.4, -0.2) is 38.8 Å². The summed E-state index contributed by atoms with van der Waals surface area (Å²) in [6.45, 7) is 6.45. The average Bonchev–Trinajstić information content (AvgIpc) is 3.25. The van der Waals surface area contributed by atoms with Gasteiger partial charge in [0.2, 0.25) is 0 Å². The monoisotopic (exact) mass is 527 g/mol. The van der Waals surface area contributed by atoms with Gasteiger partial charge in [0.15, 0.2) is 5.96 Å². The van der Waals surface area contributed by atoms with E-state index in [0.717, 1.165) is 65.9 Å². The van der Waals surface area contributed by atoms with Gasteiger partial charge >= 0.3 is 0 Å². The maximum atomic E-state index is 6.15. The molecule has 3 aromatic rings. The molecule has 0 fully saturated rings. The zero-order valence-electron chi connectivity index (χ0n) is 16.7. The minimum absolute atomic E-state index is 0. The molecule has 1 atom stereocenters. The highest BCUT2D eigenvalue weighted by molar-refractivity contribution is 14.0. The highest BCUT2D eigenvalue weighted by Gasteiger charge is 2.24. The summed E-state index contributed by atoms with van der Waals surface area (Å²) >= 11 is 6.15. The predicted molar refractivity (Wildman–Crippen MR) is 128 cm³/mol. The number of nitrogens with one attached hydrogen (secondary N) is 3. The minimum atomic E-state index is 0. The number of hydrogen-bond donors (Lipinski definition) is 3. The number of halogens is 2. The summed E-state index contributed by atoms with van der Waals surface area (Å²) in [5.74, 6) is 2.64. The SMILES string of the molecule is CCNC(=NCCc1c[nH]c2ccc(Cl)cc12)NC1CCCn2nc(C)nc21.I. The Morgan fingerprint density at radius 2 is 2.28 bits per heavy atom. The van der Waals surface area contributed by atoms with E-state index in [-0.39, 0.29) is 30.0 Å². The molecule has 1 aliphatic heterocycles. The third kappa shape index (κ3) is 5.03. The Hall–Kier alpha value is -1.81. The van der Waals surface area contributed by atoms with Crippen LogP contribution in [0.5, 0.6) is 0 Å². The van der Waals surface area contributed by atoms with E-state index in [9.17, 15) is 0 Å². The third-order valence-electron chi connectivity index (χ3n) is 5.02. The first-order valence-electron chi connectivity index (χ1n) is 9.85.